The summed E-state index contributed by atoms with van der Waals surface area (Å²) in [5, 5.41) is 5.38. The zero-order chi connectivity index (χ0) is 18.6. The molecule has 4 rings (SSSR count). The van der Waals surface area contributed by atoms with E-state index in [-0.39, 0.29) is 24.3 Å². The Morgan fingerprint density at radius 3 is 2.70 bits per heavy atom. The maximum atomic E-state index is 13.3. The van der Waals surface area contributed by atoms with E-state index in [0.29, 0.717) is 6.54 Å². The average Bonchev–Trinajstić information content (AvgIpc) is 3.23. The number of para-hydroxylation sites is 1. The predicted molar refractivity (Wildman–Crippen MR) is 110 cm³/mol. The average molecular weight is 399 g/mol. The molecule has 2 aromatic carbocycles. The molecule has 0 bridgehead atoms. The minimum atomic E-state index is -0.262. The molecule has 1 aromatic heterocycles. The monoisotopic (exact) mass is 398 g/mol. The molecule has 3 nitrogen and oxygen atoms in total. The van der Waals surface area contributed by atoms with Crippen LogP contribution in [0.3, 0.4) is 0 Å². The van der Waals surface area contributed by atoms with Crippen LogP contribution in [0.2, 0.25) is 0 Å². The van der Waals surface area contributed by atoms with Gasteiger partial charge in [0.15, 0.2) is 0 Å². The lowest BCUT2D eigenvalue weighted by Crippen LogP contribution is -2.42. The minimum absolute atomic E-state index is 0.0476. The molecule has 1 atom stereocenters. The van der Waals surface area contributed by atoms with Crippen molar-refractivity contribution in [2.45, 2.75) is 10.9 Å². The highest BCUT2D eigenvalue weighted by Crippen LogP contribution is 2.34. The summed E-state index contributed by atoms with van der Waals surface area (Å²) in [5.74, 6) is 0.684. The first-order valence-electron chi connectivity index (χ1n) is 8.77. The summed E-state index contributed by atoms with van der Waals surface area (Å²) in [6, 6.07) is 18.3. The number of benzene rings is 2. The number of nitrogens with one attached hydrogen (secondary N) is 1. The Morgan fingerprint density at radius 1 is 1.11 bits per heavy atom. The molecule has 0 radical (unpaired) electrons. The molecule has 0 fully saturated rings. The Balaban J connectivity index is 1.51. The molecule has 0 aliphatic carbocycles. The molecule has 1 aliphatic heterocycles. The van der Waals surface area contributed by atoms with Gasteiger partial charge in [-0.15, -0.1) is 23.1 Å². The highest BCUT2D eigenvalue weighted by molar-refractivity contribution is 7.99. The quantitative estimate of drug-likeness (QED) is 0.676. The maximum Gasteiger partial charge on any atom is 0.241 e. The van der Waals surface area contributed by atoms with E-state index in [2.05, 4.69) is 11.4 Å². The van der Waals surface area contributed by atoms with Gasteiger partial charge in [0.2, 0.25) is 5.91 Å². The molecular weight excluding hydrogens is 379 g/mol. The fourth-order valence-corrected chi connectivity index (χ4v) is 5.03. The largest absolute Gasteiger partial charge is 0.309 e. The number of rotatable bonds is 5. The lowest BCUT2D eigenvalue weighted by atomic mass is 10.1. The molecule has 3 aromatic rings. The zero-order valence-corrected chi connectivity index (χ0v) is 16.2. The standard InChI is InChI=1S/C21H19FN2OS2/c22-16-9-7-15(8-10-16)21(19-6-3-12-26-19)23-14-20(25)24-11-13-27-18-5-2-1-4-17(18)24/h1-10,12,21,23H,11,13-14H2/t21-/m0/s1. The Bertz CT molecular complexity index is 912. The van der Waals surface area contributed by atoms with Gasteiger partial charge < -0.3 is 4.90 Å². The van der Waals surface area contributed by atoms with Crippen LogP contribution in [-0.2, 0) is 4.79 Å². The molecule has 6 heteroatoms. The van der Waals surface area contributed by atoms with Crippen LogP contribution in [0, 0.1) is 5.82 Å². The van der Waals surface area contributed by atoms with Crippen LogP contribution in [0.1, 0.15) is 16.5 Å². The summed E-state index contributed by atoms with van der Waals surface area (Å²) in [7, 11) is 0. The van der Waals surface area contributed by atoms with Crippen LogP contribution < -0.4 is 10.2 Å². The lowest BCUT2D eigenvalue weighted by molar-refractivity contribution is -0.117. The van der Waals surface area contributed by atoms with Crippen LogP contribution in [0.15, 0.2) is 70.9 Å². The predicted octanol–water partition coefficient (Wildman–Crippen LogP) is 4.71. The highest BCUT2D eigenvalue weighted by Gasteiger charge is 2.24. The van der Waals surface area contributed by atoms with Crippen molar-refractivity contribution in [2.24, 2.45) is 0 Å². The topological polar surface area (TPSA) is 32.3 Å². The molecule has 138 valence electrons. The van der Waals surface area contributed by atoms with Crippen molar-refractivity contribution in [1.82, 2.24) is 5.32 Å². The number of carbonyl (C=O) groups is 1. The van der Waals surface area contributed by atoms with E-state index in [0.717, 1.165) is 26.8 Å². The number of thioether (sulfide) groups is 1. The molecule has 0 unspecified atom stereocenters. The van der Waals surface area contributed by atoms with E-state index in [9.17, 15) is 9.18 Å². The molecule has 0 saturated heterocycles. The van der Waals surface area contributed by atoms with E-state index < -0.39 is 0 Å². The van der Waals surface area contributed by atoms with Crippen molar-refractivity contribution >= 4 is 34.7 Å². The molecule has 1 amide bonds. The number of fused-ring (bicyclic) bond motifs is 1. The van der Waals surface area contributed by atoms with E-state index in [1.165, 1.54) is 12.1 Å². The highest BCUT2D eigenvalue weighted by atomic mass is 32.2. The third-order valence-corrected chi connectivity index (χ3v) is 6.50. The molecule has 0 saturated carbocycles. The normalized spacial score (nSPS) is 14.6. The first-order chi connectivity index (χ1) is 13.2. The summed E-state index contributed by atoms with van der Waals surface area (Å²) in [6.07, 6.45) is 0. The Kier molecular flexibility index (Phi) is 5.57. The summed E-state index contributed by atoms with van der Waals surface area (Å²) in [6.45, 7) is 0.932. The van der Waals surface area contributed by atoms with Gasteiger partial charge in [-0.1, -0.05) is 30.3 Å². The van der Waals surface area contributed by atoms with Crippen molar-refractivity contribution in [3.8, 4) is 0 Å². The Labute approximate surface area is 166 Å². The molecule has 1 aliphatic rings. The number of thiophene rings is 1. The van der Waals surface area contributed by atoms with Crippen LogP contribution in [-0.4, -0.2) is 24.7 Å². The summed E-state index contributed by atoms with van der Waals surface area (Å²) < 4.78 is 13.3. The van der Waals surface area contributed by atoms with Crippen LogP contribution in [0.5, 0.6) is 0 Å². The number of hydrogen-bond acceptors (Lipinski definition) is 4. The third kappa shape index (κ3) is 4.08. The van der Waals surface area contributed by atoms with Gasteiger partial charge in [-0.05, 0) is 41.3 Å². The van der Waals surface area contributed by atoms with E-state index >= 15 is 0 Å². The Hall–Kier alpha value is -2.15. The fraction of sp³-hybridized carbons (Fsp3) is 0.190. The number of nitrogens with zero attached hydrogens (tertiary/aromatic N) is 1. The Morgan fingerprint density at radius 2 is 1.93 bits per heavy atom. The number of halogens is 1. The fourth-order valence-electron chi connectivity index (χ4n) is 3.21. The number of anilines is 1. The second kappa shape index (κ2) is 8.25. The first kappa shape index (κ1) is 18.2. The number of carbonyl (C=O) groups excluding carboxylic acids is 1. The minimum Gasteiger partial charge on any atom is -0.309 e. The second-order valence-corrected chi connectivity index (χ2v) is 8.36. The van der Waals surface area contributed by atoms with Gasteiger partial charge in [0.25, 0.3) is 0 Å². The smallest absolute Gasteiger partial charge is 0.241 e. The molecule has 0 spiro atoms. The van der Waals surface area contributed by atoms with Gasteiger partial charge in [-0.3, -0.25) is 10.1 Å². The summed E-state index contributed by atoms with van der Waals surface area (Å²) in [5.41, 5.74) is 1.93. The second-order valence-electron chi connectivity index (χ2n) is 6.24. The van der Waals surface area contributed by atoms with Crippen molar-refractivity contribution in [3.05, 3.63) is 82.3 Å². The van der Waals surface area contributed by atoms with Crippen molar-refractivity contribution in [1.29, 1.82) is 0 Å². The van der Waals surface area contributed by atoms with Gasteiger partial charge in [-0.25, -0.2) is 4.39 Å². The van der Waals surface area contributed by atoms with Crippen molar-refractivity contribution < 1.29 is 9.18 Å². The molecule has 1 N–H and O–H groups in total. The molecule has 27 heavy (non-hydrogen) atoms. The lowest BCUT2D eigenvalue weighted by Gasteiger charge is -2.29. The summed E-state index contributed by atoms with van der Waals surface area (Å²) in [4.78, 5) is 17.0. The number of amides is 1. The third-order valence-electron chi connectivity index (χ3n) is 4.52. The van der Waals surface area contributed by atoms with Crippen LogP contribution >= 0.6 is 23.1 Å². The summed E-state index contributed by atoms with van der Waals surface area (Å²) >= 11 is 3.40. The van der Waals surface area contributed by atoms with E-state index in [4.69, 9.17) is 0 Å². The van der Waals surface area contributed by atoms with Gasteiger partial charge in [0.1, 0.15) is 5.82 Å². The van der Waals surface area contributed by atoms with Gasteiger partial charge >= 0.3 is 0 Å². The van der Waals surface area contributed by atoms with E-state index in [1.54, 1.807) is 35.2 Å². The zero-order valence-electron chi connectivity index (χ0n) is 14.6. The van der Waals surface area contributed by atoms with Crippen LogP contribution in [0.4, 0.5) is 10.1 Å². The van der Waals surface area contributed by atoms with Crippen molar-refractivity contribution in [3.63, 3.8) is 0 Å². The first-order valence-corrected chi connectivity index (χ1v) is 10.6. The van der Waals surface area contributed by atoms with Crippen LogP contribution in [0.25, 0.3) is 0 Å². The number of hydrogen-bond donors (Lipinski definition) is 1. The van der Waals surface area contributed by atoms with E-state index in [1.807, 2.05) is 40.6 Å². The van der Waals surface area contributed by atoms with Gasteiger partial charge in [0, 0.05) is 22.1 Å². The SMILES string of the molecule is O=C(CN[C@@H](c1ccc(F)cc1)c1cccs1)N1CCSc2ccccc21. The van der Waals surface area contributed by atoms with Gasteiger partial charge in [0.05, 0.1) is 18.3 Å². The van der Waals surface area contributed by atoms with Gasteiger partial charge in [-0.2, -0.15) is 0 Å². The van der Waals surface area contributed by atoms with Crippen molar-refractivity contribution in [2.75, 3.05) is 23.7 Å². The molecular formula is C21H19FN2OS2. The molecule has 2 heterocycles. The maximum absolute atomic E-state index is 13.3.